The quantitative estimate of drug-likeness (QED) is 0.856. The number of hydrogen-bond acceptors (Lipinski definition) is 4. The van der Waals surface area contributed by atoms with Gasteiger partial charge in [0.15, 0.2) is 5.69 Å². The summed E-state index contributed by atoms with van der Waals surface area (Å²) in [4.78, 5) is 26.6. The number of amides is 2. The zero-order valence-electron chi connectivity index (χ0n) is 14.7. The summed E-state index contributed by atoms with van der Waals surface area (Å²) < 4.78 is 1.68. The monoisotopic (exact) mass is 353 g/mol. The van der Waals surface area contributed by atoms with Crippen molar-refractivity contribution in [2.24, 2.45) is 5.92 Å². The molecule has 1 saturated carbocycles. The van der Waals surface area contributed by atoms with Crippen LogP contribution in [0, 0.1) is 5.92 Å². The molecule has 1 aliphatic heterocycles. The van der Waals surface area contributed by atoms with E-state index >= 15 is 0 Å². The molecule has 2 fully saturated rings. The SMILES string of the molecule is O=C(NCc1ccccc1)c1cn(C[C@@H]2CCCN2C(=O)C2CC2)nn1. The Kier molecular flexibility index (Phi) is 4.69. The molecule has 1 saturated heterocycles. The summed E-state index contributed by atoms with van der Waals surface area (Å²) in [5.74, 6) is 0.288. The smallest absolute Gasteiger partial charge is 0.273 e. The minimum Gasteiger partial charge on any atom is -0.347 e. The van der Waals surface area contributed by atoms with Crippen LogP contribution in [0.5, 0.6) is 0 Å². The van der Waals surface area contributed by atoms with E-state index in [1.54, 1.807) is 10.9 Å². The first-order valence-corrected chi connectivity index (χ1v) is 9.23. The van der Waals surface area contributed by atoms with Gasteiger partial charge in [0.25, 0.3) is 5.91 Å². The zero-order chi connectivity index (χ0) is 17.9. The summed E-state index contributed by atoms with van der Waals surface area (Å²) in [6, 6.07) is 9.90. The summed E-state index contributed by atoms with van der Waals surface area (Å²) in [5, 5.41) is 10.9. The van der Waals surface area contributed by atoms with Gasteiger partial charge in [0, 0.05) is 19.0 Å². The summed E-state index contributed by atoms with van der Waals surface area (Å²) in [5.41, 5.74) is 1.34. The Balaban J connectivity index is 1.33. The van der Waals surface area contributed by atoms with E-state index in [9.17, 15) is 9.59 Å². The standard InChI is InChI=1S/C19H23N5O2/c25-18(20-11-14-5-2-1-3-6-14)17-13-23(22-21-17)12-16-7-4-10-24(16)19(26)15-8-9-15/h1-3,5-6,13,15-16H,4,7-12H2,(H,20,25)/t16-/m0/s1. The maximum absolute atomic E-state index is 12.4. The number of rotatable bonds is 6. The van der Waals surface area contributed by atoms with Gasteiger partial charge in [-0.25, -0.2) is 4.68 Å². The van der Waals surface area contributed by atoms with E-state index in [0.717, 1.165) is 37.8 Å². The van der Waals surface area contributed by atoms with Crippen molar-refractivity contribution in [1.29, 1.82) is 0 Å². The number of hydrogen-bond donors (Lipinski definition) is 1. The van der Waals surface area contributed by atoms with Crippen molar-refractivity contribution in [3.05, 3.63) is 47.8 Å². The number of benzene rings is 1. The Labute approximate surface area is 152 Å². The first-order valence-electron chi connectivity index (χ1n) is 9.23. The first-order chi connectivity index (χ1) is 12.7. The van der Waals surface area contributed by atoms with Gasteiger partial charge in [-0.3, -0.25) is 9.59 Å². The van der Waals surface area contributed by atoms with Crippen LogP contribution in [0.15, 0.2) is 36.5 Å². The molecule has 1 aliphatic carbocycles. The molecule has 2 amide bonds. The normalized spacial score (nSPS) is 19.5. The molecule has 0 unspecified atom stereocenters. The minimum atomic E-state index is -0.238. The Morgan fingerprint density at radius 2 is 1.96 bits per heavy atom. The number of carbonyl (C=O) groups is 2. The van der Waals surface area contributed by atoms with Crippen molar-refractivity contribution >= 4 is 11.8 Å². The fourth-order valence-electron chi connectivity index (χ4n) is 3.46. The lowest BCUT2D eigenvalue weighted by molar-refractivity contribution is -0.133. The molecule has 1 aromatic heterocycles. The molecule has 0 radical (unpaired) electrons. The third kappa shape index (κ3) is 3.76. The Hall–Kier alpha value is -2.70. The van der Waals surface area contributed by atoms with Crippen LogP contribution >= 0.6 is 0 Å². The summed E-state index contributed by atoms with van der Waals surface area (Å²) >= 11 is 0. The van der Waals surface area contributed by atoms with Crippen molar-refractivity contribution in [2.75, 3.05) is 6.54 Å². The highest BCUT2D eigenvalue weighted by molar-refractivity contribution is 5.91. The number of likely N-dealkylation sites (tertiary alicyclic amines) is 1. The van der Waals surface area contributed by atoms with Crippen molar-refractivity contribution < 1.29 is 9.59 Å². The first kappa shape index (κ1) is 16.8. The van der Waals surface area contributed by atoms with E-state index in [-0.39, 0.29) is 23.8 Å². The Bertz CT molecular complexity index is 784. The van der Waals surface area contributed by atoms with Gasteiger partial charge in [-0.15, -0.1) is 5.10 Å². The molecule has 7 nitrogen and oxygen atoms in total. The fraction of sp³-hybridized carbons (Fsp3) is 0.474. The fourth-order valence-corrected chi connectivity index (χ4v) is 3.46. The van der Waals surface area contributed by atoms with Crippen LogP contribution in [0.2, 0.25) is 0 Å². The highest BCUT2D eigenvalue weighted by Gasteiger charge is 2.38. The van der Waals surface area contributed by atoms with Gasteiger partial charge < -0.3 is 10.2 Å². The lowest BCUT2D eigenvalue weighted by Crippen LogP contribution is -2.39. The molecule has 2 aromatic rings. The van der Waals surface area contributed by atoms with Crippen molar-refractivity contribution in [2.45, 2.75) is 44.8 Å². The molecule has 1 N–H and O–H groups in total. The van der Waals surface area contributed by atoms with Crippen LogP contribution in [-0.4, -0.2) is 44.3 Å². The molecular formula is C19H23N5O2. The van der Waals surface area contributed by atoms with Gasteiger partial charge in [-0.1, -0.05) is 35.5 Å². The second kappa shape index (κ2) is 7.27. The van der Waals surface area contributed by atoms with Crippen LogP contribution in [0.25, 0.3) is 0 Å². The average Bonchev–Trinajstić information content (AvgIpc) is 3.24. The van der Waals surface area contributed by atoms with E-state index in [2.05, 4.69) is 15.6 Å². The summed E-state index contributed by atoms with van der Waals surface area (Å²) in [6.45, 7) is 1.88. The molecule has 2 aliphatic rings. The second-order valence-corrected chi connectivity index (χ2v) is 7.10. The lowest BCUT2D eigenvalue weighted by Gasteiger charge is -2.24. The topological polar surface area (TPSA) is 80.1 Å². The van der Waals surface area contributed by atoms with E-state index in [0.29, 0.717) is 18.8 Å². The number of carbonyl (C=O) groups excluding carboxylic acids is 2. The maximum Gasteiger partial charge on any atom is 0.273 e. The van der Waals surface area contributed by atoms with Crippen LogP contribution in [0.1, 0.15) is 41.7 Å². The third-order valence-electron chi connectivity index (χ3n) is 5.05. The Morgan fingerprint density at radius 1 is 1.15 bits per heavy atom. The molecular weight excluding hydrogens is 330 g/mol. The van der Waals surface area contributed by atoms with Gasteiger partial charge in [0.05, 0.1) is 18.8 Å². The van der Waals surface area contributed by atoms with Gasteiger partial charge in [-0.2, -0.15) is 0 Å². The Morgan fingerprint density at radius 3 is 2.73 bits per heavy atom. The van der Waals surface area contributed by atoms with Crippen LogP contribution in [-0.2, 0) is 17.9 Å². The summed E-state index contributed by atoms with van der Waals surface area (Å²) in [6.07, 6.45) is 5.72. The van der Waals surface area contributed by atoms with Crippen molar-refractivity contribution in [3.8, 4) is 0 Å². The van der Waals surface area contributed by atoms with Gasteiger partial charge in [0.2, 0.25) is 5.91 Å². The molecule has 0 bridgehead atoms. The predicted molar refractivity (Wildman–Crippen MR) is 95.1 cm³/mol. The number of nitrogens with zero attached hydrogens (tertiary/aromatic N) is 4. The van der Waals surface area contributed by atoms with Crippen molar-refractivity contribution in [1.82, 2.24) is 25.2 Å². The second-order valence-electron chi connectivity index (χ2n) is 7.10. The molecule has 4 rings (SSSR count). The lowest BCUT2D eigenvalue weighted by atomic mass is 10.2. The molecule has 1 atom stereocenters. The third-order valence-corrected chi connectivity index (χ3v) is 5.05. The van der Waals surface area contributed by atoms with Crippen LogP contribution in [0.4, 0.5) is 0 Å². The van der Waals surface area contributed by atoms with E-state index in [4.69, 9.17) is 0 Å². The van der Waals surface area contributed by atoms with Gasteiger partial charge >= 0.3 is 0 Å². The van der Waals surface area contributed by atoms with Crippen LogP contribution < -0.4 is 5.32 Å². The van der Waals surface area contributed by atoms with E-state index in [1.807, 2.05) is 35.2 Å². The molecule has 0 spiro atoms. The average molecular weight is 353 g/mol. The molecule has 26 heavy (non-hydrogen) atoms. The molecule has 7 heteroatoms. The zero-order valence-corrected chi connectivity index (χ0v) is 14.7. The molecule has 1 aromatic carbocycles. The van der Waals surface area contributed by atoms with E-state index in [1.165, 1.54) is 0 Å². The molecule has 136 valence electrons. The van der Waals surface area contributed by atoms with Gasteiger partial charge in [0.1, 0.15) is 0 Å². The van der Waals surface area contributed by atoms with Gasteiger partial charge in [-0.05, 0) is 31.2 Å². The van der Waals surface area contributed by atoms with Crippen LogP contribution in [0.3, 0.4) is 0 Å². The number of aromatic nitrogens is 3. The van der Waals surface area contributed by atoms with Crippen molar-refractivity contribution in [3.63, 3.8) is 0 Å². The highest BCUT2D eigenvalue weighted by Crippen LogP contribution is 2.33. The predicted octanol–water partition coefficient (Wildman–Crippen LogP) is 1.61. The molecule has 2 heterocycles. The minimum absolute atomic E-state index is 0.157. The number of nitrogens with one attached hydrogen (secondary N) is 1. The largest absolute Gasteiger partial charge is 0.347 e. The van der Waals surface area contributed by atoms with E-state index < -0.39 is 0 Å². The highest BCUT2D eigenvalue weighted by atomic mass is 16.2. The summed E-state index contributed by atoms with van der Waals surface area (Å²) in [7, 11) is 0. The maximum atomic E-state index is 12.4.